The molecule has 2 N–H and O–H groups in total. The number of ether oxygens (including phenoxy) is 1. The zero-order valence-corrected chi connectivity index (χ0v) is 16.1. The Bertz CT molecular complexity index is 805. The van der Waals surface area contributed by atoms with Crippen LogP contribution in [0.3, 0.4) is 0 Å². The number of halogens is 1. The number of likely N-dealkylation sites (tertiary alicyclic amines) is 1. The lowest BCUT2D eigenvalue weighted by Crippen LogP contribution is -2.52. The molecule has 0 radical (unpaired) electrons. The summed E-state index contributed by atoms with van der Waals surface area (Å²) in [6.45, 7) is 4.60. The van der Waals surface area contributed by atoms with E-state index in [9.17, 15) is 14.0 Å². The van der Waals surface area contributed by atoms with Gasteiger partial charge in [-0.05, 0) is 37.6 Å². The van der Waals surface area contributed by atoms with Gasteiger partial charge in [-0.25, -0.2) is 4.39 Å². The van der Waals surface area contributed by atoms with Gasteiger partial charge in [0.05, 0.1) is 25.8 Å². The fourth-order valence-corrected chi connectivity index (χ4v) is 3.39. The van der Waals surface area contributed by atoms with Crippen molar-refractivity contribution in [3.05, 3.63) is 29.3 Å². The zero-order valence-electron chi connectivity index (χ0n) is 16.1. The van der Waals surface area contributed by atoms with Gasteiger partial charge in [0.25, 0.3) is 5.91 Å². The monoisotopic (exact) mass is 388 g/mol. The number of carbonyl (C=O) groups excluding carboxylic acids is 2. The summed E-state index contributed by atoms with van der Waals surface area (Å²) in [6.07, 6.45) is -0.294. The molecule has 28 heavy (non-hydrogen) atoms. The van der Waals surface area contributed by atoms with Gasteiger partial charge in [-0.1, -0.05) is 0 Å². The highest BCUT2D eigenvalue weighted by Crippen LogP contribution is 2.25. The second-order valence-electron chi connectivity index (χ2n) is 7.87. The number of nitrogens with zero attached hydrogens (tertiary/aromatic N) is 2. The van der Waals surface area contributed by atoms with Crippen molar-refractivity contribution in [1.82, 2.24) is 15.5 Å². The molecule has 0 unspecified atom stereocenters. The molecular formula is C20H25FN4O3. The highest BCUT2D eigenvalue weighted by atomic mass is 19.1. The van der Waals surface area contributed by atoms with E-state index in [0.717, 1.165) is 17.7 Å². The largest absolute Gasteiger partial charge is 0.493 e. The molecule has 0 aliphatic carbocycles. The van der Waals surface area contributed by atoms with Crippen molar-refractivity contribution in [3.8, 4) is 11.8 Å². The molecule has 150 valence electrons. The number of fused-ring (bicyclic) bond motifs is 1. The van der Waals surface area contributed by atoms with Gasteiger partial charge in [-0.2, -0.15) is 5.26 Å². The zero-order chi connectivity index (χ0) is 20.3. The van der Waals surface area contributed by atoms with Gasteiger partial charge in [0.1, 0.15) is 18.0 Å². The molecule has 1 aromatic rings. The second-order valence-corrected chi connectivity index (χ2v) is 7.87. The average molecular weight is 388 g/mol. The van der Waals surface area contributed by atoms with Crippen LogP contribution in [0, 0.1) is 11.3 Å². The third kappa shape index (κ3) is 4.60. The van der Waals surface area contributed by atoms with Crippen LogP contribution in [0.15, 0.2) is 18.2 Å². The number of hydrogen-bond acceptors (Lipinski definition) is 5. The average Bonchev–Trinajstić information content (AvgIpc) is 3.29. The van der Waals surface area contributed by atoms with Crippen molar-refractivity contribution < 1.29 is 18.7 Å². The number of benzene rings is 1. The van der Waals surface area contributed by atoms with Crippen molar-refractivity contribution in [2.75, 3.05) is 26.2 Å². The molecule has 0 saturated carbocycles. The quantitative estimate of drug-likeness (QED) is 0.763. The number of carbonyl (C=O) groups is 2. The number of nitrogens with one attached hydrogen (secondary N) is 2. The minimum absolute atomic E-state index is 0.0239. The van der Waals surface area contributed by atoms with Gasteiger partial charge in [0.2, 0.25) is 5.91 Å². The molecule has 1 fully saturated rings. The van der Waals surface area contributed by atoms with Crippen LogP contribution in [0.5, 0.6) is 5.75 Å². The van der Waals surface area contributed by atoms with Crippen LogP contribution in [-0.2, 0) is 11.2 Å². The summed E-state index contributed by atoms with van der Waals surface area (Å²) >= 11 is 0. The first-order chi connectivity index (χ1) is 13.3. The van der Waals surface area contributed by atoms with Gasteiger partial charge >= 0.3 is 0 Å². The van der Waals surface area contributed by atoms with Crippen LogP contribution < -0.4 is 15.4 Å². The molecule has 2 aliphatic heterocycles. The molecule has 2 atom stereocenters. The Morgan fingerprint density at radius 3 is 2.96 bits per heavy atom. The maximum absolute atomic E-state index is 13.5. The molecule has 7 nitrogen and oxygen atoms in total. The van der Waals surface area contributed by atoms with Crippen molar-refractivity contribution in [2.24, 2.45) is 0 Å². The Morgan fingerprint density at radius 2 is 2.21 bits per heavy atom. The standard InChI is InChI=1S/C20H25FN4O3/c1-20(2,24-10-18(26)25-11-15(21)8-16(25)9-22)12-23-19(27)14-3-4-17-13(7-14)5-6-28-17/h3-4,7,15-16,24H,5-6,8,10-12H2,1-2H3,(H,23,27)/t15-,16-/m0/s1. The van der Waals surface area contributed by atoms with E-state index in [2.05, 4.69) is 10.6 Å². The Hall–Kier alpha value is -2.66. The second kappa shape index (κ2) is 8.15. The molecule has 3 rings (SSSR count). The van der Waals surface area contributed by atoms with E-state index in [1.807, 2.05) is 26.0 Å². The number of alkyl halides is 1. The minimum atomic E-state index is -1.15. The highest BCUT2D eigenvalue weighted by molar-refractivity contribution is 5.94. The van der Waals surface area contributed by atoms with Gasteiger partial charge in [0.15, 0.2) is 0 Å². The summed E-state index contributed by atoms with van der Waals surface area (Å²) in [4.78, 5) is 26.0. The predicted octanol–water partition coefficient (Wildman–Crippen LogP) is 1.18. The van der Waals surface area contributed by atoms with E-state index in [4.69, 9.17) is 10.00 Å². The lowest BCUT2D eigenvalue weighted by atomic mass is 10.0. The summed E-state index contributed by atoms with van der Waals surface area (Å²) in [5, 5.41) is 15.0. The van der Waals surface area contributed by atoms with E-state index < -0.39 is 17.8 Å². The predicted molar refractivity (Wildman–Crippen MR) is 101 cm³/mol. The molecule has 2 heterocycles. The Morgan fingerprint density at radius 1 is 1.43 bits per heavy atom. The summed E-state index contributed by atoms with van der Waals surface area (Å²) in [6, 6.07) is 6.63. The van der Waals surface area contributed by atoms with E-state index >= 15 is 0 Å². The van der Waals surface area contributed by atoms with Crippen LogP contribution in [0.25, 0.3) is 0 Å². The maximum Gasteiger partial charge on any atom is 0.251 e. The van der Waals surface area contributed by atoms with E-state index in [1.165, 1.54) is 4.90 Å². The Labute approximate surface area is 163 Å². The Kier molecular flexibility index (Phi) is 5.84. The molecule has 0 aromatic heterocycles. The number of nitriles is 1. The first-order valence-corrected chi connectivity index (χ1v) is 9.41. The first kappa shape index (κ1) is 20.1. The molecule has 1 saturated heterocycles. The lowest BCUT2D eigenvalue weighted by molar-refractivity contribution is -0.130. The Balaban J connectivity index is 1.49. The summed E-state index contributed by atoms with van der Waals surface area (Å²) in [7, 11) is 0. The third-order valence-corrected chi connectivity index (χ3v) is 5.08. The highest BCUT2D eigenvalue weighted by Gasteiger charge is 2.35. The normalized spacial score (nSPS) is 21.0. The van der Waals surface area contributed by atoms with Crippen molar-refractivity contribution in [1.29, 1.82) is 5.26 Å². The summed E-state index contributed by atoms with van der Waals surface area (Å²) < 4.78 is 18.9. The van der Waals surface area contributed by atoms with Crippen molar-refractivity contribution in [3.63, 3.8) is 0 Å². The van der Waals surface area contributed by atoms with E-state index in [-0.39, 0.29) is 31.3 Å². The number of amides is 2. The van der Waals surface area contributed by atoms with Crippen LogP contribution in [0.1, 0.15) is 36.2 Å². The van der Waals surface area contributed by atoms with E-state index in [1.54, 1.807) is 12.1 Å². The minimum Gasteiger partial charge on any atom is -0.493 e. The molecule has 0 bridgehead atoms. The van der Waals surface area contributed by atoms with Crippen LogP contribution in [-0.4, -0.2) is 60.7 Å². The van der Waals surface area contributed by atoms with Crippen molar-refractivity contribution in [2.45, 2.75) is 44.4 Å². The smallest absolute Gasteiger partial charge is 0.251 e. The molecule has 8 heteroatoms. The van der Waals surface area contributed by atoms with E-state index in [0.29, 0.717) is 18.7 Å². The summed E-state index contributed by atoms with van der Waals surface area (Å²) in [5.74, 6) is 0.315. The van der Waals surface area contributed by atoms with Crippen LogP contribution in [0.4, 0.5) is 4.39 Å². The van der Waals surface area contributed by atoms with Gasteiger partial charge in [0, 0.05) is 30.5 Å². The first-order valence-electron chi connectivity index (χ1n) is 9.41. The van der Waals surface area contributed by atoms with Gasteiger partial charge in [-0.3, -0.25) is 9.59 Å². The van der Waals surface area contributed by atoms with Gasteiger partial charge in [-0.15, -0.1) is 0 Å². The molecule has 0 spiro atoms. The van der Waals surface area contributed by atoms with Crippen LogP contribution in [0.2, 0.25) is 0 Å². The lowest BCUT2D eigenvalue weighted by Gasteiger charge is -2.28. The SMILES string of the molecule is CC(C)(CNC(=O)c1ccc2c(c1)CCO2)NCC(=O)N1C[C@@H](F)C[C@H]1C#N. The maximum atomic E-state index is 13.5. The molecule has 2 amide bonds. The molecule has 2 aliphatic rings. The van der Waals surface area contributed by atoms with Crippen molar-refractivity contribution >= 4 is 11.8 Å². The third-order valence-electron chi connectivity index (χ3n) is 5.08. The summed E-state index contributed by atoms with van der Waals surface area (Å²) in [5.41, 5.74) is 1.04. The number of hydrogen-bond donors (Lipinski definition) is 2. The number of rotatable bonds is 6. The molecule has 1 aromatic carbocycles. The molecular weight excluding hydrogens is 363 g/mol. The topological polar surface area (TPSA) is 94.5 Å². The fraction of sp³-hybridized carbons (Fsp3) is 0.550. The fourth-order valence-electron chi connectivity index (χ4n) is 3.39. The van der Waals surface area contributed by atoms with Gasteiger partial charge < -0.3 is 20.3 Å². The van der Waals surface area contributed by atoms with Crippen LogP contribution >= 0.6 is 0 Å².